The summed E-state index contributed by atoms with van der Waals surface area (Å²) in [6.45, 7) is 4.63. The first-order chi connectivity index (χ1) is 6.31. The zero-order chi connectivity index (χ0) is 9.94. The molecule has 0 N–H and O–H groups in total. The third-order valence-electron chi connectivity index (χ3n) is 2.64. The topological polar surface area (TPSA) is 19.9 Å². The predicted molar refractivity (Wildman–Crippen MR) is 57.3 cm³/mol. The molecule has 13 heavy (non-hydrogen) atoms. The Balaban J connectivity index is 3.03. The van der Waals surface area contributed by atoms with Gasteiger partial charge in [-0.05, 0) is 18.8 Å². The van der Waals surface area contributed by atoms with Crippen molar-refractivity contribution < 1.29 is 5.11 Å². The van der Waals surface area contributed by atoms with E-state index in [1.807, 2.05) is 0 Å². The van der Waals surface area contributed by atoms with Crippen LogP contribution in [0.2, 0.25) is 0 Å². The molecule has 0 spiro atoms. The van der Waals surface area contributed by atoms with Gasteiger partial charge in [-0.15, -0.1) is 0 Å². The molecule has 0 heterocycles. The van der Waals surface area contributed by atoms with E-state index < -0.39 is 0 Å². The molecule has 0 rings (SSSR count). The normalized spacial score (nSPS) is 13.2. The first-order valence-corrected chi connectivity index (χ1v) is 5.89. The van der Waals surface area contributed by atoms with Crippen molar-refractivity contribution in [1.82, 2.24) is 0 Å². The minimum Gasteiger partial charge on any atom is -0.237 e. The molecule has 1 radical (unpaired) electrons. The molecule has 0 saturated heterocycles. The van der Waals surface area contributed by atoms with Crippen LogP contribution in [0.3, 0.4) is 0 Å². The van der Waals surface area contributed by atoms with Crippen molar-refractivity contribution in [3.63, 3.8) is 0 Å². The van der Waals surface area contributed by atoms with Crippen LogP contribution < -0.4 is 0 Å². The quantitative estimate of drug-likeness (QED) is 0.480. The molecule has 0 aliphatic carbocycles. The zero-order valence-corrected chi connectivity index (χ0v) is 9.35. The molecule has 79 valence electrons. The number of hydrogen-bond donors (Lipinski definition) is 0. The lowest BCUT2D eigenvalue weighted by Crippen LogP contribution is -1.96. The Morgan fingerprint density at radius 2 is 1.54 bits per heavy atom. The molecule has 1 heteroatoms. The molecule has 1 nitrogen and oxygen atoms in total. The number of hydrogen-bond acceptors (Lipinski definition) is 0. The zero-order valence-electron chi connectivity index (χ0n) is 9.35. The van der Waals surface area contributed by atoms with Crippen molar-refractivity contribution in [2.45, 2.75) is 65.2 Å². The lowest BCUT2D eigenvalue weighted by molar-refractivity contribution is 0.180. The Bertz CT molecular complexity index is 91.1. The fourth-order valence-corrected chi connectivity index (χ4v) is 1.67. The van der Waals surface area contributed by atoms with E-state index in [4.69, 9.17) is 0 Å². The average molecular weight is 185 g/mol. The van der Waals surface area contributed by atoms with E-state index in [0.717, 1.165) is 18.8 Å². The molecule has 0 aromatic heterocycles. The molecular formula is C12H25O. The SMILES string of the molecule is CCCCCCCC(C)CCC[O]. The summed E-state index contributed by atoms with van der Waals surface area (Å²) in [6.07, 6.45) is 10.2. The van der Waals surface area contributed by atoms with Gasteiger partial charge in [0.05, 0.1) is 6.61 Å². The summed E-state index contributed by atoms with van der Waals surface area (Å²) in [7, 11) is 0. The molecular weight excluding hydrogens is 160 g/mol. The van der Waals surface area contributed by atoms with E-state index in [1.165, 1.54) is 38.5 Å². The van der Waals surface area contributed by atoms with E-state index in [1.54, 1.807) is 0 Å². The average Bonchev–Trinajstić information content (AvgIpc) is 2.14. The van der Waals surface area contributed by atoms with Crippen molar-refractivity contribution in [1.29, 1.82) is 0 Å². The maximum atomic E-state index is 10.2. The molecule has 0 amide bonds. The van der Waals surface area contributed by atoms with Gasteiger partial charge in [-0.2, -0.15) is 0 Å². The monoisotopic (exact) mass is 185 g/mol. The minimum absolute atomic E-state index is 0.111. The first-order valence-electron chi connectivity index (χ1n) is 5.89. The molecule has 1 atom stereocenters. The van der Waals surface area contributed by atoms with Crippen LogP contribution in [0.1, 0.15) is 65.2 Å². The van der Waals surface area contributed by atoms with Gasteiger partial charge >= 0.3 is 0 Å². The van der Waals surface area contributed by atoms with Crippen LogP contribution in [-0.2, 0) is 5.11 Å². The van der Waals surface area contributed by atoms with E-state index >= 15 is 0 Å². The van der Waals surface area contributed by atoms with Gasteiger partial charge in [0.15, 0.2) is 0 Å². The standard InChI is InChI=1S/C12H25O/c1-3-4-5-6-7-9-12(2)10-8-11-13/h12H,3-11H2,1-2H3. The van der Waals surface area contributed by atoms with Gasteiger partial charge in [0.1, 0.15) is 0 Å². The van der Waals surface area contributed by atoms with Gasteiger partial charge in [0.25, 0.3) is 0 Å². The maximum absolute atomic E-state index is 10.2. The fraction of sp³-hybridized carbons (Fsp3) is 1.00. The van der Waals surface area contributed by atoms with Crippen LogP contribution in [0.15, 0.2) is 0 Å². The van der Waals surface area contributed by atoms with Crippen molar-refractivity contribution in [2.75, 3.05) is 6.61 Å². The van der Waals surface area contributed by atoms with Crippen molar-refractivity contribution in [3.05, 3.63) is 0 Å². The smallest absolute Gasteiger partial charge is 0.0822 e. The van der Waals surface area contributed by atoms with Gasteiger partial charge in [-0.1, -0.05) is 52.4 Å². The number of unbranched alkanes of at least 4 members (excludes halogenated alkanes) is 4. The van der Waals surface area contributed by atoms with Crippen LogP contribution in [0.4, 0.5) is 0 Å². The van der Waals surface area contributed by atoms with Crippen LogP contribution in [0, 0.1) is 5.92 Å². The lowest BCUT2D eigenvalue weighted by atomic mass is 9.98. The molecule has 0 aromatic rings. The van der Waals surface area contributed by atoms with E-state index in [2.05, 4.69) is 13.8 Å². The first kappa shape index (κ1) is 13.0. The Kier molecular flexibility index (Phi) is 10.0. The Hall–Kier alpha value is -0.0400. The third kappa shape index (κ3) is 9.88. The Morgan fingerprint density at radius 1 is 0.923 bits per heavy atom. The van der Waals surface area contributed by atoms with Crippen molar-refractivity contribution in [3.8, 4) is 0 Å². The van der Waals surface area contributed by atoms with Gasteiger partial charge in [0, 0.05) is 0 Å². The summed E-state index contributed by atoms with van der Waals surface area (Å²) < 4.78 is 0. The van der Waals surface area contributed by atoms with E-state index in [0.29, 0.717) is 0 Å². The summed E-state index contributed by atoms with van der Waals surface area (Å²) >= 11 is 0. The highest BCUT2D eigenvalue weighted by Crippen LogP contribution is 2.15. The van der Waals surface area contributed by atoms with Gasteiger partial charge < -0.3 is 0 Å². The van der Waals surface area contributed by atoms with Crippen LogP contribution in [0.25, 0.3) is 0 Å². The second-order valence-corrected chi connectivity index (χ2v) is 4.15. The molecule has 0 aliphatic heterocycles. The number of rotatable bonds is 9. The highest BCUT2D eigenvalue weighted by molar-refractivity contribution is 4.53. The van der Waals surface area contributed by atoms with Crippen LogP contribution in [-0.4, -0.2) is 6.61 Å². The van der Waals surface area contributed by atoms with Gasteiger partial charge in [-0.25, -0.2) is 5.11 Å². The summed E-state index contributed by atoms with van der Waals surface area (Å²) in [5.41, 5.74) is 0. The van der Waals surface area contributed by atoms with Crippen molar-refractivity contribution in [2.24, 2.45) is 5.92 Å². The lowest BCUT2D eigenvalue weighted by Gasteiger charge is -2.09. The van der Waals surface area contributed by atoms with Gasteiger partial charge in [0.2, 0.25) is 0 Å². The fourth-order valence-electron chi connectivity index (χ4n) is 1.67. The second kappa shape index (κ2) is 10.0. The molecule has 0 fully saturated rings. The van der Waals surface area contributed by atoms with E-state index in [9.17, 15) is 5.11 Å². The molecule has 1 unspecified atom stereocenters. The third-order valence-corrected chi connectivity index (χ3v) is 2.64. The predicted octanol–water partition coefficient (Wildman–Crippen LogP) is 4.19. The maximum Gasteiger partial charge on any atom is 0.0822 e. The largest absolute Gasteiger partial charge is 0.237 e. The second-order valence-electron chi connectivity index (χ2n) is 4.15. The van der Waals surface area contributed by atoms with E-state index in [-0.39, 0.29) is 6.61 Å². The Morgan fingerprint density at radius 3 is 2.15 bits per heavy atom. The van der Waals surface area contributed by atoms with Crippen molar-refractivity contribution >= 4 is 0 Å². The molecule has 0 bridgehead atoms. The summed E-state index contributed by atoms with van der Waals surface area (Å²) in [5, 5.41) is 10.2. The van der Waals surface area contributed by atoms with Gasteiger partial charge in [-0.3, -0.25) is 0 Å². The molecule has 0 aromatic carbocycles. The molecule has 0 aliphatic rings. The summed E-state index contributed by atoms with van der Waals surface area (Å²) in [5.74, 6) is 0.774. The summed E-state index contributed by atoms with van der Waals surface area (Å²) in [4.78, 5) is 0. The molecule has 0 saturated carbocycles. The minimum atomic E-state index is 0.111. The highest BCUT2D eigenvalue weighted by atomic mass is 16.2. The Labute approximate surface area is 83.5 Å². The van der Waals surface area contributed by atoms with Crippen LogP contribution >= 0.6 is 0 Å². The highest BCUT2D eigenvalue weighted by Gasteiger charge is 2.00. The van der Waals surface area contributed by atoms with Crippen LogP contribution in [0.5, 0.6) is 0 Å². The summed E-state index contributed by atoms with van der Waals surface area (Å²) in [6, 6.07) is 0.